The second-order valence-electron chi connectivity index (χ2n) is 6.02. The monoisotopic (exact) mass is 348 g/mol. The van der Waals surface area contributed by atoms with Crippen molar-refractivity contribution in [2.75, 3.05) is 0 Å². The van der Waals surface area contributed by atoms with Crippen molar-refractivity contribution in [2.45, 2.75) is 12.8 Å². The van der Waals surface area contributed by atoms with Crippen molar-refractivity contribution in [1.29, 1.82) is 0 Å². The molecule has 0 aliphatic heterocycles. The van der Waals surface area contributed by atoms with Crippen molar-refractivity contribution in [2.24, 2.45) is 0 Å². The molecule has 3 aromatic carbocycles. The van der Waals surface area contributed by atoms with Gasteiger partial charge in [0.2, 0.25) is 0 Å². The van der Waals surface area contributed by atoms with Crippen LogP contribution in [-0.2, 0) is 12.8 Å². The minimum absolute atomic E-state index is 0.0878. The van der Waals surface area contributed by atoms with E-state index in [4.69, 9.17) is 0 Å². The second kappa shape index (κ2) is 7.57. The molecule has 0 saturated carbocycles. The Hall–Kier alpha value is -3.54. The molecular weight excluding hydrogens is 332 g/mol. The molecule has 0 radical (unpaired) electrons. The molecule has 0 amide bonds. The number of hydrogen-bond acceptors (Lipinski definition) is 4. The topological polar surface area (TPSA) is 86.3 Å². The van der Waals surface area contributed by atoms with Crippen LogP contribution < -0.4 is 0 Å². The molecule has 6 heteroatoms. The molecule has 0 aliphatic rings. The van der Waals surface area contributed by atoms with Gasteiger partial charge in [-0.1, -0.05) is 48.5 Å². The van der Waals surface area contributed by atoms with Gasteiger partial charge >= 0.3 is 0 Å². The Morgan fingerprint density at radius 1 is 0.577 bits per heavy atom. The zero-order valence-corrected chi connectivity index (χ0v) is 13.9. The zero-order chi connectivity index (χ0) is 18.5. The van der Waals surface area contributed by atoms with Gasteiger partial charge in [-0.25, -0.2) is 0 Å². The van der Waals surface area contributed by atoms with Crippen LogP contribution in [0.4, 0.5) is 11.4 Å². The summed E-state index contributed by atoms with van der Waals surface area (Å²) in [4.78, 5) is 20.9. The first-order valence-electron chi connectivity index (χ1n) is 8.06. The van der Waals surface area contributed by atoms with Crippen molar-refractivity contribution in [3.8, 4) is 0 Å². The van der Waals surface area contributed by atoms with E-state index in [1.165, 1.54) is 12.1 Å². The maximum atomic E-state index is 10.9. The van der Waals surface area contributed by atoms with Crippen LogP contribution >= 0.6 is 0 Å². The smallest absolute Gasteiger partial charge is 0.258 e. The maximum Gasteiger partial charge on any atom is 0.269 e. The predicted octanol–water partition coefficient (Wildman–Crippen LogP) is 4.68. The fourth-order valence-corrected chi connectivity index (χ4v) is 2.81. The highest BCUT2D eigenvalue weighted by Gasteiger charge is 2.08. The van der Waals surface area contributed by atoms with Crippen LogP contribution in [0.2, 0.25) is 0 Å². The summed E-state index contributed by atoms with van der Waals surface area (Å²) < 4.78 is 0. The molecule has 0 spiro atoms. The first kappa shape index (κ1) is 17.3. The Bertz CT molecular complexity index is 874. The molecule has 0 N–H and O–H groups in total. The molecule has 26 heavy (non-hydrogen) atoms. The highest BCUT2D eigenvalue weighted by molar-refractivity contribution is 5.39. The second-order valence-corrected chi connectivity index (χ2v) is 6.02. The van der Waals surface area contributed by atoms with E-state index in [1.54, 1.807) is 24.3 Å². The highest BCUT2D eigenvalue weighted by atomic mass is 16.6. The SMILES string of the molecule is O=[N+]([O-])c1cccc(Cc2ccc(Cc3cccc([N+](=O)[O-])c3)cc2)c1. The van der Waals surface area contributed by atoms with Crippen molar-refractivity contribution >= 4 is 11.4 Å². The number of hydrogen-bond donors (Lipinski definition) is 0. The summed E-state index contributed by atoms with van der Waals surface area (Å²) in [6.45, 7) is 0. The first-order chi connectivity index (χ1) is 12.5. The molecule has 0 aliphatic carbocycles. The highest BCUT2D eigenvalue weighted by Crippen LogP contribution is 2.19. The van der Waals surface area contributed by atoms with Gasteiger partial charge in [0.05, 0.1) is 9.85 Å². The number of nitrogens with zero attached hydrogens (tertiary/aromatic N) is 2. The minimum atomic E-state index is -0.397. The van der Waals surface area contributed by atoms with Crippen LogP contribution in [0.1, 0.15) is 22.3 Å². The van der Waals surface area contributed by atoms with Crippen molar-refractivity contribution < 1.29 is 9.85 Å². The summed E-state index contributed by atoms with van der Waals surface area (Å²) in [5, 5.41) is 21.7. The van der Waals surface area contributed by atoms with E-state index in [2.05, 4.69) is 0 Å². The molecular formula is C20H16N2O4. The summed E-state index contributed by atoms with van der Waals surface area (Å²) in [6.07, 6.45) is 1.22. The Labute approximate surface area is 150 Å². The normalized spacial score (nSPS) is 10.5. The summed E-state index contributed by atoms with van der Waals surface area (Å²) in [6, 6.07) is 21.1. The largest absolute Gasteiger partial charge is 0.269 e. The van der Waals surface area contributed by atoms with E-state index in [9.17, 15) is 20.2 Å². The lowest BCUT2D eigenvalue weighted by Gasteiger charge is -2.05. The van der Waals surface area contributed by atoms with E-state index in [0.29, 0.717) is 12.8 Å². The lowest BCUT2D eigenvalue weighted by molar-refractivity contribution is -0.385. The number of non-ortho nitro benzene ring substituents is 2. The van der Waals surface area contributed by atoms with Crippen LogP contribution in [-0.4, -0.2) is 9.85 Å². The molecule has 0 atom stereocenters. The van der Waals surface area contributed by atoms with Crippen LogP contribution in [0.25, 0.3) is 0 Å². The Kier molecular flexibility index (Phi) is 5.03. The third-order valence-electron chi connectivity index (χ3n) is 4.08. The van der Waals surface area contributed by atoms with Gasteiger partial charge in [0, 0.05) is 24.3 Å². The molecule has 0 unspecified atom stereocenters. The fourth-order valence-electron chi connectivity index (χ4n) is 2.81. The Balaban J connectivity index is 1.71. The van der Waals surface area contributed by atoms with E-state index >= 15 is 0 Å². The molecule has 0 fully saturated rings. The van der Waals surface area contributed by atoms with Gasteiger partial charge in [-0.3, -0.25) is 20.2 Å². The minimum Gasteiger partial charge on any atom is -0.258 e. The summed E-state index contributed by atoms with van der Waals surface area (Å²) >= 11 is 0. The van der Waals surface area contributed by atoms with Gasteiger partial charge in [-0.2, -0.15) is 0 Å². The molecule has 0 bridgehead atoms. The number of nitro benzene ring substituents is 2. The van der Waals surface area contributed by atoms with Crippen LogP contribution in [0.3, 0.4) is 0 Å². The maximum absolute atomic E-state index is 10.9. The van der Waals surface area contributed by atoms with Gasteiger partial charge < -0.3 is 0 Å². The van der Waals surface area contributed by atoms with E-state index in [0.717, 1.165) is 22.3 Å². The van der Waals surface area contributed by atoms with Crippen molar-refractivity contribution in [3.63, 3.8) is 0 Å². The average molecular weight is 348 g/mol. The van der Waals surface area contributed by atoms with Crippen LogP contribution in [0.5, 0.6) is 0 Å². The summed E-state index contributed by atoms with van der Waals surface area (Å²) in [7, 11) is 0. The molecule has 3 aromatic rings. The lowest BCUT2D eigenvalue weighted by Crippen LogP contribution is -1.94. The molecule has 3 rings (SSSR count). The van der Waals surface area contributed by atoms with Crippen molar-refractivity contribution in [1.82, 2.24) is 0 Å². The number of benzene rings is 3. The standard InChI is InChI=1S/C20H16N2O4/c23-21(24)19-5-1-3-17(13-19)11-15-7-9-16(10-8-15)12-18-4-2-6-20(14-18)22(25)26/h1-10,13-14H,11-12H2. The Morgan fingerprint density at radius 3 is 1.31 bits per heavy atom. The van der Waals surface area contributed by atoms with Crippen LogP contribution in [0, 0.1) is 20.2 Å². The van der Waals surface area contributed by atoms with E-state index in [1.807, 2.05) is 36.4 Å². The summed E-state index contributed by atoms with van der Waals surface area (Å²) in [5.74, 6) is 0. The molecule has 0 saturated heterocycles. The molecule has 0 aromatic heterocycles. The Morgan fingerprint density at radius 2 is 0.962 bits per heavy atom. The average Bonchev–Trinajstić information content (AvgIpc) is 2.64. The molecule has 6 nitrogen and oxygen atoms in total. The van der Waals surface area contributed by atoms with Gasteiger partial charge in [-0.05, 0) is 35.1 Å². The number of rotatable bonds is 6. The van der Waals surface area contributed by atoms with Gasteiger partial charge in [0.1, 0.15) is 0 Å². The molecule has 0 heterocycles. The van der Waals surface area contributed by atoms with Crippen molar-refractivity contribution in [3.05, 3.63) is 115 Å². The van der Waals surface area contributed by atoms with E-state index in [-0.39, 0.29) is 11.4 Å². The van der Waals surface area contributed by atoms with Gasteiger partial charge in [0.15, 0.2) is 0 Å². The number of nitro groups is 2. The van der Waals surface area contributed by atoms with Crippen LogP contribution in [0.15, 0.2) is 72.8 Å². The summed E-state index contributed by atoms with van der Waals surface area (Å²) in [5.41, 5.74) is 4.03. The lowest BCUT2D eigenvalue weighted by atomic mass is 10.00. The molecule has 130 valence electrons. The third kappa shape index (κ3) is 4.30. The van der Waals surface area contributed by atoms with Gasteiger partial charge in [0.25, 0.3) is 11.4 Å². The third-order valence-corrected chi connectivity index (χ3v) is 4.08. The first-order valence-corrected chi connectivity index (χ1v) is 8.06. The zero-order valence-electron chi connectivity index (χ0n) is 13.9. The predicted molar refractivity (Wildman–Crippen MR) is 98.2 cm³/mol. The fraction of sp³-hybridized carbons (Fsp3) is 0.100. The van der Waals surface area contributed by atoms with E-state index < -0.39 is 9.85 Å². The van der Waals surface area contributed by atoms with Gasteiger partial charge in [-0.15, -0.1) is 0 Å². The quantitative estimate of drug-likeness (QED) is 0.478.